The second-order valence-electron chi connectivity index (χ2n) is 4.40. The lowest BCUT2D eigenvalue weighted by Crippen LogP contribution is -2.05. The molecule has 0 aliphatic heterocycles. The molecule has 1 N–H and O–H groups in total. The molecular weight excluding hydrogens is 312 g/mol. The Labute approximate surface area is 119 Å². The zero-order chi connectivity index (χ0) is 14.0. The summed E-state index contributed by atoms with van der Waals surface area (Å²) in [6, 6.07) is 8.29. The Morgan fingerprint density at radius 3 is 2.58 bits per heavy atom. The minimum absolute atomic E-state index is 0.0184. The van der Waals surface area contributed by atoms with E-state index in [9.17, 15) is 8.78 Å². The summed E-state index contributed by atoms with van der Waals surface area (Å²) < 4.78 is 28.3. The largest absolute Gasteiger partial charge is 0.316 e. The van der Waals surface area contributed by atoms with Gasteiger partial charge in [-0.2, -0.15) is 0 Å². The predicted octanol–water partition coefficient (Wildman–Crippen LogP) is 4.42. The number of nitrogens with one attached hydrogen (secondary N) is 1. The zero-order valence-corrected chi connectivity index (χ0v) is 12.3. The molecule has 19 heavy (non-hydrogen) atoms. The van der Waals surface area contributed by atoms with Gasteiger partial charge in [-0.3, -0.25) is 0 Å². The summed E-state index contributed by atoms with van der Waals surface area (Å²) >= 11 is 3.10. The highest BCUT2D eigenvalue weighted by Gasteiger charge is 2.16. The molecule has 2 aromatic rings. The van der Waals surface area contributed by atoms with Crippen LogP contribution < -0.4 is 5.32 Å². The first kappa shape index (κ1) is 14.2. The Morgan fingerprint density at radius 2 is 1.89 bits per heavy atom. The number of hydrogen-bond donors (Lipinski definition) is 1. The van der Waals surface area contributed by atoms with Crippen LogP contribution >= 0.6 is 15.9 Å². The molecule has 0 spiro atoms. The first-order valence-electron chi connectivity index (χ1n) is 5.92. The van der Waals surface area contributed by atoms with Crippen molar-refractivity contribution in [3.05, 3.63) is 57.6 Å². The molecule has 1 nitrogen and oxygen atoms in total. The summed E-state index contributed by atoms with van der Waals surface area (Å²) in [6.07, 6.45) is 0. The van der Waals surface area contributed by atoms with Gasteiger partial charge in [-0.25, -0.2) is 8.78 Å². The maximum Gasteiger partial charge on any atom is 0.148 e. The smallest absolute Gasteiger partial charge is 0.148 e. The lowest BCUT2D eigenvalue weighted by atomic mass is 9.97. The quantitative estimate of drug-likeness (QED) is 0.823. The molecular formula is C15H14BrF2N. The maximum absolute atomic E-state index is 14.1. The minimum Gasteiger partial charge on any atom is -0.316 e. The van der Waals surface area contributed by atoms with Crippen molar-refractivity contribution in [3.8, 4) is 11.1 Å². The average molecular weight is 326 g/mol. The van der Waals surface area contributed by atoms with Crippen molar-refractivity contribution in [2.75, 3.05) is 7.05 Å². The number of rotatable bonds is 3. The van der Waals surface area contributed by atoms with E-state index in [0.29, 0.717) is 12.1 Å². The third-order valence-corrected chi connectivity index (χ3v) is 3.61. The van der Waals surface area contributed by atoms with Gasteiger partial charge < -0.3 is 5.32 Å². The van der Waals surface area contributed by atoms with Crippen LogP contribution in [0.1, 0.15) is 11.1 Å². The molecule has 0 aromatic heterocycles. The van der Waals surface area contributed by atoms with Gasteiger partial charge in [0, 0.05) is 6.54 Å². The van der Waals surface area contributed by atoms with E-state index in [0.717, 1.165) is 11.1 Å². The number of benzene rings is 2. The van der Waals surface area contributed by atoms with E-state index in [4.69, 9.17) is 0 Å². The van der Waals surface area contributed by atoms with Gasteiger partial charge in [-0.1, -0.05) is 12.1 Å². The Morgan fingerprint density at radius 1 is 1.16 bits per heavy atom. The van der Waals surface area contributed by atoms with Crippen LogP contribution in [0.2, 0.25) is 0 Å². The first-order chi connectivity index (χ1) is 9.04. The lowest BCUT2D eigenvalue weighted by molar-refractivity contribution is 0.585. The molecule has 0 aliphatic rings. The molecule has 0 bridgehead atoms. The monoisotopic (exact) mass is 325 g/mol. The van der Waals surface area contributed by atoms with Crippen LogP contribution in [0.15, 0.2) is 34.8 Å². The Bertz CT molecular complexity index is 611. The van der Waals surface area contributed by atoms with Gasteiger partial charge in [0.15, 0.2) is 0 Å². The summed E-state index contributed by atoms with van der Waals surface area (Å²) in [5, 5.41) is 3.03. The number of aryl methyl sites for hydroxylation is 1. The SMILES string of the molecule is CNCc1ccc(C)c(-c2c(F)ccc(Br)c2F)c1. The van der Waals surface area contributed by atoms with Crippen LogP contribution in [-0.2, 0) is 6.54 Å². The normalized spacial score (nSPS) is 10.8. The molecule has 0 atom stereocenters. The van der Waals surface area contributed by atoms with Crippen molar-refractivity contribution in [3.63, 3.8) is 0 Å². The van der Waals surface area contributed by atoms with Crippen molar-refractivity contribution in [2.45, 2.75) is 13.5 Å². The van der Waals surface area contributed by atoms with Gasteiger partial charge >= 0.3 is 0 Å². The Kier molecular flexibility index (Phi) is 4.32. The van der Waals surface area contributed by atoms with Gasteiger partial charge in [0.25, 0.3) is 0 Å². The Balaban J connectivity index is 2.64. The van der Waals surface area contributed by atoms with Crippen molar-refractivity contribution >= 4 is 15.9 Å². The van der Waals surface area contributed by atoms with Crippen molar-refractivity contribution in [1.29, 1.82) is 0 Å². The summed E-state index contributed by atoms with van der Waals surface area (Å²) in [6.45, 7) is 2.50. The van der Waals surface area contributed by atoms with Crippen molar-refractivity contribution in [2.24, 2.45) is 0 Å². The average Bonchev–Trinajstić information content (AvgIpc) is 2.38. The second-order valence-corrected chi connectivity index (χ2v) is 5.25. The fourth-order valence-corrected chi connectivity index (χ4v) is 2.36. The highest BCUT2D eigenvalue weighted by atomic mass is 79.9. The zero-order valence-electron chi connectivity index (χ0n) is 10.7. The maximum atomic E-state index is 14.1. The van der Waals surface area contributed by atoms with E-state index in [1.165, 1.54) is 12.1 Å². The van der Waals surface area contributed by atoms with Crippen LogP contribution in [0, 0.1) is 18.6 Å². The van der Waals surface area contributed by atoms with E-state index in [1.807, 2.05) is 32.2 Å². The first-order valence-corrected chi connectivity index (χ1v) is 6.72. The summed E-state index contributed by atoms with van der Waals surface area (Å²) in [5.74, 6) is -1.12. The number of hydrogen-bond acceptors (Lipinski definition) is 1. The highest BCUT2D eigenvalue weighted by Crippen LogP contribution is 2.33. The topological polar surface area (TPSA) is 12.0 Å². The predicted molar refractivity (Wildman–Crippen MR) is 77.0 cm³/mol. The van der Waals surface area contributed by atoms with Crippen LogP contribution in [0.5, 0.6) is 0 Å². The van der Waals surface area contributed by atoms with E-state index in [-0.39, 0.29) is 10.0 Å². The van der Waals surface area contributed by atoms with Crippen molar-refractivity contribution in [1.82, 2.24) is 5.32 Å². The van der Waals surface area contributed by atoms with Gasteiger partial charge in [0.1, 0.15) is 11.6 Å². The molecule has 0 saturated carbocycles. The van der Waals surface area contributed by atoms with Crippen LogP contribution in [0.25, 0.3) is 11.1 Å². The van der Waals surface area contributed by atoms with E-state index in [2.05, 4.69) is 21.2 Å². The minimum atomic E-state index is -0.565. The molecule has 2 rings (SSSR count). The molecule has 0 unspecified atom stereocenters. The Hall–Kier alpha value is -1.26. The van der Waals surface area contributed by atoms with Crippen LogP contribution in [-0.4, -0.2) is 7.05 Å². The van der Waals surface area contributed by atoms with Gasteiger partial charge in [-0.05, 0) is 64.8 Å². The fraction of sp³-hybridized carbons (Fsp3) is 0.200. The van der Waals surface area contributed by atoms with Crippen molar-refractivity contribution < 1.29 is 8.78 Å². The van der Waals surface area contributed by atoms with Gasteiger partial charge in [0.2, 0.25) is 0 Å². The third-order valence-electron chi connectivity index (χ3n) is 3.00. The highest BCUT2D eigenvalue weighted by molar-refractivity contribution is 9.10. The molecule has 4 heteroatoms. The third kappa shape index (κ3) is 2.85. The number of halogens is 3. The second kappa shape index (κ2) is 5.80. The van der Waals surface area contributed by atoms with Crippen LogP contribution in [0.4, 0.5) is 8.78 Å². The lowest BCUT2D eigenvalue weighted by Gasteiger charge is -2.12. The molecule has 2 aromatic carbocycles. The molecule has 0 aliphatic carbocycles. The fourth-order valence-electron chi connectivity index (χ4n) is 2.03. The molecule has 0 saturated heterocycles. The summed E-state index contributed by atoms with van der Waals surface area (Å²) in [7, 11) is 1.83. The van der Waals surface area contributed by atoms with Gasteiger partial charge in [0.05, 0.1) is 10.0 Å². The van der Waals surface area contributed by atoms with Crippen LogP contribution in [0.3, 0.4) is 0 Å². The summed E-state index contributed by atoms with van der Waals surface area (Å²) in [5.41, 5.74) is 2.44. The summed E-state index contributed by atoms with van der Waals surface area (Å²) in [4.78, 5) is 0. The standard InChI is InChI=1S/C15H14BrF2N/c1-9-3-4-10(8-19-2)7-11(9)14-13(17)6-5-12(16)15(14)18/h3-7,19H,8H2,1-2H3. The van der Waals surface area contributed by atoms with E-state index >= 15 is 0 Å². The van der Waals surface area contributed by atoms with Gasteiger partial charge in [-0.15, -0.1) is 0 Å². The molecule has 0 fully saturated rings. The van der Waals surface area contributed by atoms with E-state index in [1.54, 1.807) is 0 Å². The molecule has 0 heterocycles. The molecule has 100 valence electrons. The molecule has 0 amide bonds. The molecule has 0 radical (unpaired) electrons. The van der Waals surface area contributed by atoms with E-state index < -0.39 is 11.6 Å².